The van der Waals surface area contributed by atoms with E-state index in [0.717, 1.165) is 18.0 Å². The predicted molar refractivity (Wildman–Crippen MR) is 51.2 cm³/mol. The Morgan fingerprint density at radius 1 is 1.33 bits per heavy atom. The van der Waals surface area contributed by atoms with Gasteiger partial charge in [0.1, 0.15) is 0 Å². The maximum Gasteiger partial charge on any atom is 0.0111 e. The van der Waals surface area contributed by atoms with Crippen LogP contribution in [0.2, 0.25) is 0 Å². The number of likely N-dealkylation sites (N-methyl/N-ethyl adjacent to an activating group) is 1. The molecule has 1 saturated carbocycles. The van der Waals surface area contributed by atoms with Crippen molar-refractivity contribution in [2.45, 2.75) is 38.3 Å². The van der Waals surface area contributed by atoms with Crippen molar-refractivity contribution >= 4 is 0 Å². The van der Waals surface area contributed by atoms with E-state index in [4.69, 9.17) is 0 Å². The van der Waals surface area contributed by atoms with Gasteiger partial charge in [-0.25, -0.2) is 0 Å². The van der Waals surface area contributed by atoms with Crippen molar-refractivity contribution in [1.29, 1.82) is 0 Å². The van der Waals surface area contributed by atoms with Gasteiger partial charge in [-0.15, -0.1) is 0 Å². The molecule has 70 valence electrons. The van der Waals surface area contributed by atoms with Crippen LogP contribution in [0.1, 0.15) is 26.2 Å². The highest BCUT2D eigenvalue weighted by Crippen LogP contribution is 2.31. The molecular formula is C10H20N2. The summed E-state index contributed by atoms with van der Waals surface area (Å²) in [6.45, 7) is 4.78. The van der Waals surface area contributed by atoms with Crippen molar-refractivity contribution in [3.05, 3.63) is 0 Å². The second-order valence-electron chi connectivity index (χ2n) is 4.38. The molecule has 2 fully saturated rings. The fourth-order valence-corrected chi connectivity index (χ4v) is 2.78. The standard InChI is InChI=1S/C10H20N2/c1-8-9-4-3-5-10(9)11-6-7-12(8)2/h8-11H,3-7H2,1-2H3. The van der Waals surface area contributed by atoms with E-state index >= 15 is 0 Å². The van der Waals surface area contributed by atoms with Crippen LogP contribution < -0.4 is 5.32 Å². The summed E-state index contributed by atoms with van der Waals surface area (Å²) in [7, 11) is 2.26. The molecule has 0 aromatic rings. The maximum absolute atomic E-state index is 3.66. The maximum atomic E-state index is 3.66. The predicted octanol–water partition coefficient (Wildman–Crippen LogP) is 1.08. The first-order chi connectivity index (χ1) is 5.79. The lowest BCUT2D eigenvalue weighted by Gasteiger charge is -2.28. The highest BCUT2D eigenvalue weighted by Gasteiger charge is 2.34. The highest BCUT2D eigenvalue weighted by atomic mass is 15.2. The molecule has 0 aromatic heterocycles. The first kappa shape index (κ1) is 8.52. The Morgan fingerprint density at radius 2 is 2.17 bits per heavy atom. The monoisotopic (exact) mass is 168 g/mol. The van der Waals surface area contributed by atoms with E-state index < -0.39 is 0 Å². The van der Waals surface area contributed by atoms with E-state index in [2.05, 4.69) is 24.2 Å². The molecule has 1 aliphatic carbocycles. The lowest BCUT2D eigenvalue weighted by molar-refractivity contribution is 0.207. The number of nitrogens with zero attached hydrogens (tertiary/aromatic N) is 1. The summed E-state index contributed by atoms with van der Waals surface area (Å²) in [6.07, 6.45) is 4.27. The smallest absolute Gasteiger partial charge is 0.0111 e. The molecule has 0 spiro atoms. The fraction of sp³-hybridized carbons (Fsp3) is 1.00. The molecule has 1 aliphatic heterocycles. The summed E-state index contributed by atoms with van der Waals surface area (Å²) in [5.74, 6) is 0.914. The molecule has 1 saturated heterocycles. The second-order valence-corrected chi connectivity index (χ2v) is 4.38. The van der Waals surface area contributed by atoms with Crippen LogP contribution in [0, 0.1) is 5.92 Å². The fourth-order valence-electron chi connectivity index (χ4n) is 2.78. The lowest BCUT2D eigenvalue weighted by atomic mass is 9.95. The minimum absolute atomic E-state index is 0.785. The zero-order chi connectivity index (χ0) is 8.55. The van der Waals surface area contributed by atoms with Gasteiger partial charge in [-0.2, -0.15) is 0 Å². The zero-order valence-electron chi connectivity index (χ0n) is 8.21. The second kappa shape index (κ2) is 3.35. The van der Waals surface area contributed by atoms with Crippen LogP contribution >= 0.6 is 0 Å². The van der Waals surface area contributed by atoms with Gasteiger partial charge >= 0.3 is 0 Å². The largest absolute Gasteiger partial charge is 0.312 e. The normalized spacial score (nSPS) is 44.0. The SMILES string of the molecule is CC1C2CCCC2NCCN1C. The van der Waals surface area contributed by atoms with Gasteiger partial charge in [0.2, 0.25) is 0 Å². The number of hydrogen-bond acceptors (Lipinski definition) is 2. The van der Waals surface area contributed by atoms with Crippen molar-refractivity contribution in [1.82, 2.24) is 10.2 Å². The molecule has 2 rings (SSSR count). The number of hydrogen-bond donors (Lipinski definition) is 1. The van der Waals surface area contributed by atoms with Crippen LogP contribution in [0.15, 0.2) is 0 Å². The van der Waals surface area contributed by atoms with Gasteiger partial charge in [-0.3, -0.25) is 0 Å². The molecular weight excluding hydrogens is 148 g/mol. The van der Waals surface area contributed by atoms with Gasteiger partial charge in [0.15, 0.2) is 0 Å². The Labute approximate surface area is 75.3 Å². The summed E-state index contributed by atoms with van der Waals surface area (Å²) in [4.78, 5) is 2.50. The molecule has 2 aliphatic rings. The summed E-state index contributed by atoms with van der Waals surface area (Å²) in [6, 6.07) is 1.61. The molecule has 2 nitrogen and oxygen atoms in total. The third-order valence-corrected chi connectivity index (χ3v) is 3.76. The Hall–Kier alpha value is -0.0800. The summed E-state index contributed by atoms with van der Waals surface area (Å²) in [5, 5.41) is 3.66. The van der Waals surface area contributed by atoms with Crippen LogP contribution in [0.5, 0.6) is 0 Å². The molecule has 3 unspecified atom stereocenters. The Balaban J connectivity index is 2.08. The zero-order valence-corrected chi connectivity index (χ0v) is 8.21. The van der Waals surface area contributed by atoms with Crippen molar-refractivity contribution < 1.29 is 0 Å². The van der Waals surface area contributed by atoms with Crippen LogP contribution in [0.4, 0.5) is 0 Å². The molecule has 2 heteroatoms. The van der Waals surface area contributed by atoms with E-state index in [1.54, 1.807) is 0 Å². The van der Waals surface area contributed by atoms with Gasteiger partial charge < -0.3 is 10.2 Å². The van der Waals surface area contributed by atoms with E-state index in [1.165, 1.54) is 32.4 Å². The molecule has 1 N–H and O–H groups in total. The molecule has 12 heavy (non-hydrogen) atoms. The minimum Gasteiger partial charge on any atom is -0.312 e. The summed E-state index contributed by atoms with van der Waals surface area (Å²) >= 11 is 0. The first-order valence-electron chi connectivity index (χ1n) is 5.22. The Bertz CT molecular complexity index is 158. The average molecular weight is 168 g/mol. The molecule has 1 heterocycles. The molecule has 0 radical (unpaired) electrons. The number of nitrogens with one attached hydrogen (secondary N) is 1. The van der Waals surface area contributed by atoms with E-state index in [-0.39, 0.29) is 0 Å². The van der Waals surface area contributed by atoms with Gasteiger partial charge in [0.25, 0.3) is 0 Å². The molecule has 0 amide bonds. The van der Waals surface area contributed by atoms with Crippen molar-refractivity contribution in [3.63, 3.8) is 0 Å². The van der Waals surface area contributed by atoms with Gasteiger partial charge in [0.05, 0.1) is 0 Å². The average Bonchev–Trinajstić information content (AvgIpc) is 2.46. The first-order valence-corrected chi connectivity index (χ1v) is 5.22. The van der Waals surface area contributed by atoms with Crippen molar-refractivity contribution in [2.24, 2.45) is 5.92 Å². The number of rotatable bonds is 0. The van der Waals surface area contributed by atoms with Crippen molar-refractivity contribution in [3.8, 4) is 0 Å². The van der Waals surface area contributed by atoms with Gasteiger partial charge in [-0.1, -0.05) is 6.42 Å². The van der Waals surface area contributed by atoms with Crippen LogP contribution in [0.3, 0.4) is 0 Å². The molecule has 3 atom stereocenters. The number of fused-ring (bicyclic) bond motifs is 1. The Morgan fingerprint density at radius 3 is 3.00 bits per heavy atom. The molecule has 0 aromatic carbocycles. The quantitative estimate of drug-likeness (QED) is 0.582. The van der Waals surface area contributed by atoms with E-state index in [9.17, 15) is 0 Å². The molecule has 0 bridgehead atoms. The van der Waals surface area contributed by atoms with E-state index in [0.29, 0.717) is 0 Å². The topological polar surface area (TPSA) is 15.3 Å². The van der Waals surface area contributed by atoms with Crippen LogP contribution in [-0.4, -0.2) is 37.1 Å². The third kappa shape index (κ3) is 1.38. The van der Waals surface area contributed by atoms with Gasteiger partial charge in [0, 0.05) is 25.2 Å². The summed E-state index contributed by atoms with van der Waals surface area (Å²) < 4.78 is 0. The minimum atomic E-state index is 0.785. The van der Waals surface area contributed by atoms with E-state index in [1.807, 2.05) is 0 Å². The Kier molecular flexibility index (Phi) is 2.37. The van der Waals surface area contributed by atoms with Crippen molar-refractivity contribution in [2.75, 3.05) is 20.1 Å². The van der Waals surface area contributed by atoms with Crippen LogP contribution in [-0.2, 0) is 0 Å². The van der Waals surface area contributed by atoms with Gasteiger partial charge in [-0.05, 0) is 32.7 Å². The summed E-state index contributed by atoms with van der Waals surface area (Å²) in [5.41, 5.74) is 0. The third-order valence-electron chi connectivity index (χ3n) is 3.76. The highest BCUT2D eigenvalue weighted by molar-refractivity contribution is 4.91. The van der Waals surface area contributed by atoms with Crippen LogP contribution in [0.25, 0.3) is 0 Å². The lowest BCUT2D eigenvalue weighted by Crippen LogP contribution is -2.37.